The first-order chi connectivity index (χ1) is 13.0. The molecule has 0 atom stereocenters. The van der Waals surface area contributed by atoms with Gasteiger partial charge in [-0.05, 0) is 50.2 Å². The number of carbonyl (C=O) groups excluding carboxylic acids is 1. The number of carbonyl (C=O) groups is 1. The zero-order chi connectivity index (χ0) is 19.4. The Kier molecular flexibility index (Phi) is 5.67. The van der Waals surface area contributed by atoms with E-state index in [1.807, 2.05) is 24.3 Å². The molecule has 1 fully saturated rings. The summed E-state index contributed by atoms with van der Waals surface area (Å²) in [4.78, 5) is 14.9. The average Bonchev–Trinajstić information content (AvgIpc) is 3.22. The number of methoxy groups -OCH3 is 1. The number of amides is 1. The van der Waals surface area contributed by atoms with Crippen LogP contribution in [0.1, 0.15) is 23.2 Å². The molecule has 1 aliphatic rings. The lowest BCUT2D eigenvalue weighted by Gasteiger charge is -2.21. The number of nitrogens with one attached hydrogen (secondary N) is 2. The van der Waals surface area contributed by atoms with Gasteiger partial charge in [0, 0.05) is 18.7 Å². The predicted molar refractivity (Wildman–Crippen MR) is 105 cm³/mol. The van der Waals surface area contributed by atoms with Crippen molar-refractivity contribution in [1.82, 2.24) is 4.72 Å². The van der Waals surface area contributed by atoms with Crippen molar-refractivity contribution >= 4 is 27.3 Å². The molecule has 7 nitrogen and oxygen atoms in total. The van der Waals surface area contributed by atoms with Gasteiger partial charge in [-0.15, -0.1) is 0 Å². The van der Waals surface area contributed by atoms with E-state index in [0.717, 1.165) is 31.6 Å². The molecule has 1 heterocycles. The molecule has 3 rings (SSSR count). The lowest BCUT2D eigenvalue weighted by atomic mass is 10.2. The largest absolute Gasteiger partial charge is 0.495 e. The van der Waals surface area contributed by atoms with E-state index in [2.05, 4.69) is 14.9 Å². The maximum Gasteiger partial charge on any atom is 0.255 e. The summed E-state index contributed by atoms with van der Waals surface area (Å²) in [6, 6.07) is 12.0. The van der Waals surface area contributed by atoms with Crippen molar-refractivity contribution in [2.45, 2.75) is 17.7 Å². The van der Waals surface area contributed by atoms with Gasteiger partial charge in [0.25, 0.3) is 5.91 Å². The third-order valence-corrected chi connectivity index (χ3v) is 6.02. The molecule has 0 spiro atoms. The number of hydrogen-bond donors (Lipinski definition) is 2. The fourth-order valence-electron chi connectivity index (χ4n) is 3.15. The summed E-state index contributed by atoms with van der Waals surface area (Å²) in [6.45, 7) is 1.92. The Morgan fingerprint density at radius 3 is 2.48 bits per heavy atom. The summed E-state index contributed by atoms with van der Waals surface area (Å²) in [5.74, 6) is -0.199. The van der Waals surface area contributed by atoms with Crippen LogP contribution < -0.4 is 19.7 Å². The van der Waals surface area contributed by atoms with Gasteiger partial charge in [0.2, 0.25) is 10.0 Å². The van der Waals surface area contributed by atoms with Gasteiger partial charge in [0.1, 0.15) is 10.6 Å². The third kappa shape index (κ3) is 4.06. The summed E-state index contributed by atoms with van der Waals surface area (Å²) in [6.07, 6.45) is 2.26. The first-order valence-corrected chi connectivity index (χ1v) is 10.2. The fourth-order valence-corrected chi connectivity index (χ4v) is 4.06. The minimum atomic E-state index is -3.75. The minimum absolute atomic E-state index is 0.0759. The first kappa shape index (κ1) is 19.2. The Balaban J connectivity index is 1.91. The number of benzene rings is 2. The number of sulfonamides is 1. The highest BCUT2D eigenvalue weighted by Crippen LogP contribution is 2.30. The van der Waals surface area contributed by atoms with Crippen LogP contribution in [0.25, 0.3) is 0 Å². The van der Waals surface area contributed by atoms with Gasteiger partial charge in [-0.25, -0.2) is 13.1 Å². The number of rotatable bonds is 6. The van der Waals surface area contributed by atoms with Gasteiger partial charge >= 0.3 is 0 Å². The number of nitrogens with zero attached hydrogens (tertiary/aromatic N) is 1. The maximum absolute atomic E-state index is 12.8. The normalized spacial score (nSPS) is 14.2. The third-order valence-electron chi connectivity index (χ3n) is 4.58. The number of para-hydroxylation sites is 2. The van der Waals surface area contributed by atoms with E-state index in [0.29, 0.717) is 5.69 Å². The Morgan fingerprint density at radius 1 is 1.11 bits per heavy atom. The van der Waals surface area contributed by atoms with Crippen LogP contribution in [-0.2, 0) is 10.0 Å². The van der Waals surface area contributed by atoms with Crippen molar-refractivity contribution in [2.24, 2.45) is 0 Å². The summed E-state index contributed by atoms with van der Waals surface area (Å²) in [5.41, 5.74) is 1.92. The van der Waals surface area contributed by atoms with E-state index >= 15 is 0 Å². The number of anilines is 2. The van der Waals surface area contributed by atoms with Crippen molar-refractivity contribution in [3.8, 4) is 5.75 Å². The second-order valence-electron chi connectivity index (χ2n) is 6.24. The Hall–Kier alpha value is -2.58. The molecule has 0 aromatic heterocycles. The monoisotopic (exact) mass is 389 g/mol. The van der Waals surface area contributed by atoms with E-state index in [9.17, 15) is 13.2 Å². The molecular weight excluding hydrogens is 366 g/mol. The highest BCUT2D eigenvalue weighted by Gasteiger charge is 2.21. The van der Waals surface area contributed by atoms with Crippen LogP contribution in [0.3, 0.4) is 0 Å². The quantitative estimate of drug-likeness (QED) is 0.792. The van der Waals surface area contributed by atoms with Gasteiger partial charge in [-0.2, -0.15) is 0 Å². The molecule has 27 heavy (non-hydrogen) atoms. The Bertz CT molecular complexity index is 938. The molecule has 0 saturated carbocycles. The molecule has 8 heteroatoms. The van der Waals surface area contributed by atoms with Crippen LogP contribution in [0.5, 0.6) is 5.75 Å². The topological polar surface area (TPSA) is 87.7 Å². The van der Waals surface area contributed by atoms with Gasteiger partial charge < -0.3 is 15.0 Å². The van der Waals surface area contributed by atoms with Crippen LogP contribution in [0.15, 0.2) is 47.4 Å². The molecule has 0 unspecified atom stereocenters. The second-order valence-corrected chi connectivity index (χ2v) is 8.09. The standard InChI is InChI=1S/C19H23N3O4S/c1-20-27(24,25)18-13-14(9-10-17(18)26-2)19(23)21-15-7-3-4-8-16(15)22-11-5-6-12-22/h3-4,7-10,13,20H,5-6,11-12H2,1-2H3,(H,21,23). The molecule has 2 N–H and O–H groups in total. The molecule has 2 aromatic carbocycles. The molecule has 1 aliphatic heterocycles. The lowest BCUT2D eigenvalue weighted by molar-refractivity contribution is 0.102. The molecular formula is C19H23N3O4S. The molecule has 2 aromatic rings. The van der Waals surface area contributed by atoms with E-state index in [1.165, 1.54) is 26.3 Å². The van der Waals surface area contributed by atoms with Crippen LogP contribution in [0.4, 0.5) is 11.4 Å². The van der Waals surface area contributed by atoms with Crippen molar-refractivity contribution in [1.29, 1.82) is 0 Å². The highest BCUT2D eigenvalue weighted by molar-refractivity contribution is 7.89. The SMILES string of the molecule is CNS(=O)(=O)c1cc(C(=O)Nc2ccccc2N2CCCC2)ccc1OC. The van der Waals surface area contributed by atoms with Crippen molar-refractivity contribution < 1.29 is 17.9 Å². The average molecular weight is 389 g/mol. The van der Waals surface area contributed by atoms with Crippen molar-refractivity contribution in [2.75, 3.05) is 37.5 Å². The van der Waals surface area contributed by atoms with Gasteiger partial charge in [0.15, 0.2) is 0 Å². The minimum Gasteiger partial charge on any atom is -0.495 e. The van der Waals surface area contributed by atoms with Crippen molar-refractivity contribution in [3.63, 3.8) is 0 Å². The van der Waals surface area contributed by atoms with Crippen LogP contribution in [0.2, 0.25) is 0 Å². The van der Waals surface area contributed by atoms with Crippen LogP contribution in [0, 0.1) is 0 Å². The summed E-state index contributed by atoms with van der Waals surface area (Å²) >= 11 is 0. The molecule has 0 bridgehead atoms. The lowest BCUT2D eigenvalue weighted by Crippen LogP contribution is -2.22. The fraction of sp³-hybridized carbons (Fsp3) is 0.316. The second kappa shape index (κ2) is 7.98. The van der Waals surface area contributed by atoms with Gasteiger partial charge in [-0.3, -0.25) is 4.79 Å². The maximum atomic E-state index is 12.8. The molecule has 144 valence electrons. The molecule has 0 aliphatic carbocycles. The number of hydrogen-bond acceptors (Lipinski definition) is 5. The summed E-state index contributed by atoms with van der Waals surface area (Å²) in [5, 5.41) is 2.90. The number of ether oxygens (including phenoxy) is 1. The molecule has 1 amide bonds. The highest BCUT2D eigenvalue weighted by atomic mass is 32.2. The Labute approximate surface area is 159 Å². The van der Waals surface area contributed by atoms with Gasteiger partial charge in [0.05, 0.1) is 18.5 Å². The van der Waals surface area contributed by atoms with E-state index in [4.69, 9.17) is 4.74 Å². The zero-order valence-electron chi connectivity index (χ0n) is 15.4. The summed E-state index contributed by atoms with van der Waals surface area (Å²) < 4.78 is 31.8. The summed E-state index contributed by atoms with van der Waals surface area (Å²) in [7, 11) is -1.06. The van der Waals surface area contributed by atoms with Crippen LogP contribution in [-0.4, -0.2) is 41.6 Å². The zero-order valence-corrected chi connectivity index (χ0v) is 16.2. The smallest absolute Gasteiger partial charge is 0.255 e. The van der Waals surface area contributed by atoms with E-state index in [-0.39, 0.29) is 22.1 Å². The van der Waals surface area contributed by atoms with Gasteiger partial charge in [-0.1, -0.05) is 12.1 Å². The predicted octanol–water partition coefficient (Wildman–Crippen LogP) is 2.46. The van der Waals surface area contributed by atoms with E-state index < -0.39 is 10.0 Å². The van der Waals surface area contributed by atoms with E-state index in [1.54, 1.807) is 6.07 Å². The van der Waals surface area contributed by atoms with Crippen molar-refractivity contribution in [3.05, 3.63) is 48.0 Å². The molecule has 0 radical (unpaired) electrons. The molecule has 1 saturated heterocycles. The first-order valence-electron chi connectivity index (χ1n) is 8.73. The van der Waals surface area contributed by atoms with Crippen LogP contribution >= 0.6 is 0 Å². The Morgan fingerprint density at radius 2 is 1.81 bits per heavy atom.